The average Bonchev–Trinajstić information content (AvgIpc) is 2.81. The maximum atomic E-state index is 12.2. The molecule has 0 radical (unpaired) electrons. The van der Waals surface area contributed by atoms with Crippen LogP contribution in [-0.4, -0.2) is 35.0 Å². The summed E-state index contributed by atoms with van der Waals surface area (Å²) in [5.41, 5.74) is 1.65. The Kier molecular flexibility index (Phi) is 4.00. The lowest BCUT2D eigenvalue weighted by atomic mass is 10.1. The molecule has 0 bridgehead atoms. The zero-order valence-electron chi connectivity index (χ0n) is 11.9. The van der Waals surface area contributed by atoms with Crippen molar-refractivity contribution >= 4 is 11.8 Å². The molecule has 1 heterocycles. The number of fused-ring (bicyclic) bond motifs is 1. The number of carbonyl (C=O) groups excluding carboxylic acids is 2. The molecule has 1 aliphatic rings. The van der Waals surface area contributed by atoms with E-state index in [0.29, 0.717) is 11.1 Å². The van der Waals surface area contributed by atoms with E-state index in [0.717, 1.165) is 10.5 Å². The van der Waals surface area contributed by atoms with E-state index >= 15 is 0 Å². The second-order valence-corrected chi connectivity index (χ2v) is 5.12. The highest BCUT2D eigenvalue weighted by Gasteiger charge is 2.34. The van der Waals surface area contributed by atoms with Crippen LogP contribution in [0.5, 0.6) is 0 Å². The minimum Gasteiger partial charge on any atom is -0.387 e. The molecule has 2 aromatic carbocycles. The Morgan fingerprint density at radius 1 is 0.909 bits per heavy atom. The number of aliphatic hydroxyl groups excluding tert-OH is 1. The van der Waals surface area contributed by atoms with Gasteiger partial charge in [0.05, 0.1) is 23.9 Å². The standard InChI is InChI=1S/C17H16N2O3/c20-15(12-6-2-1-3-7-12)10-18-11-19-16(21)13-8-4-5-9-14(13)17(19)22/h1-9,15,18,20H,10-11H2/t15-/m0/s1. The van der Waals surface area contributed by atoms with Gasteiger partial charge in [-0.3, -0.25) is 19.8 Å². The quantitative estimate of drug-likeness (QED) is 0.822. The van der Waals surface area contributed by atoms with Gasteiger partial charge in [0.2, 0.25) is 0 Å². The van der Waals surface area contributed by atoms with Gasteiger partial charge < -0.3 is 5.11 Å². The first-order valence-corrected chi connectivity index (χ1v) is 7.07. The second-order valence-electron chi connectivity index (χ2n) is 5.12. The number of carbonyl (C=O) groups is 2. The minimum atomic E-state index is -0.684. The zero-order valence-corrected chi connectivity index (χ0v) is 11.9. The third-order valence-electron chi connectivity index (χ3n) is 3.67. The van der Waals surface area contributed by atoms with Gasteiger partial charge in [0.15, 0.2) is 0 Å². The third-order valence-corrected chi connectivity index (χ3v) is 3.67. The van der Waals surface area contributed by atoms with Crippen molar-refractivity contribution in [2.45, 2.75) is 6.10 Å². The molecule has 0 saturated carbocycles. The van der Waals surface area contributed by atoms with Gasteiger partial charge in [0.25, 0.3) is 11.8 Å². The van der Waals surface area contributed by atoms with Crippen LogP contribution < -0.4 is 5.32 Å². The molecule has 5 heteroatoms. The lowest BCUT2D eigenvalue weighted by Crippen LogP contribution is -2.39. The fourth-order valence-electron chi connectivity index (χ4n) is 2.49. The van der Waals surface area contributed by atoms with Crippen molar-refractivity contribution in [2.24, 2.45) is 0 Å². The largest absolute Gasteiger partial charge is 0.387 e. The highest BCUT2D eigenvalue weighted by Crippen LogP contribution is 2.21. The van der Waals surface area contributed by atoms with Gasteiger partial charge >= 0.3 is 0 Å². The van der Waals surface area contributed by atoms with Crippen LogP contribution in [0.15, 0.2) is 54.6 Å². The van der Waals surface area contributed by atoms with Crippen molar-refractivity contribution in [2.75, 3.05) is 13.2 Å². The van der Waals surface area contributed by atoms with Gasteiger partial charge in [-0.05, 0) is 17.7 Å². The first kappa shape index (κ1) is 14.4. The molecule has 0 spiro atoms. The smallest absolute Gasteiger partial charge is 0.262 e. The van der Waals surface area contributed by atoms with Gasteiger partial charge in [-0.25, -0.2) is 0 Å². The number of aliphatic hydroxyl groups is 1. The molecule has 2 aromatic rings. The van der Waals surface area contributed by atoms with Crippen LogP contribution in [0, 0.1) is 0 Å². The Balaban J connectivity index is 1.59. The highest BCUT2D eigenvalue weighted by molar-refractivity contribution is 6.21. The maximum absolute atomic E-state index is 12.2. The summed E-state index contributed by atoms with van der Waals surface area (Å²) in [5.74, 6) is -0.607. The first-order chi connectivity index (χ1) is 10.7. The lowest BCUT2D eigenvalue weighted by Gasteiger charge is -2.17. The molecule has 0 unspecified atom stereocenters. The molecule has 22 heavy (non-hydrogen) atoms. The molecule has 0 saturated heterocycles. The van der Waals surface area contributed by atoms with Crippen LogP contribution in [0.25, 0.3) is 0 Å². The number of hydrogen-bond donors (Lipinski definition) is 2. The maximum Gasteiger partial charge on any atom is 0.262 e. The molecule has 2 amide bonds. The summed E-state index contributed by atoms with van der Waals surface area (Å²) in [6.45, 7) is 0.341. The lowest BCUT2D eigenvalue weighted by molar-refractivity contribution is 0.0630. The van der Waals surface area contributed by atoms with Crippen molar-refractivity contribution in [3.63, 3.8) is 0 Å². The number of nitrogens with one attached hydrogen (secondary N) is 1. The van der Waals surface area contributed by atoms with E-state index in [1.54, 1.807) is 24.3 Å². The normalized spacial score (nSPS) is 15.0. The Morgan fingerprint density at radius 2 is 1.45 bits per heavy atom. The summed E-state index contributed by atoms with van der Waals surface area (Å²) in [6, 6.07) is 16.0. The molecule has 112 valence electrons. The summed E-state index contributed by atoms with van der Waals surface area (Å²) in [5, 5.41) is 13.0. The number of hydrogen-bond acceptors (Lipinski definition) is 4. The van der Waals surface area contributed by atoms with Crippen LogP contribution in [0.3, 0.4) is 0 Å². The second kappa shape index (κ2) is 6.09. The van der Waals surface area contributed by atoms with Crippen LogP contribution >= 0.6 is 0 Å². The molecule has 1 atom stereocenters. The van der Waals surface area contributed by atoms with E-state index < -0.39 is 6.10 Å². The predicted octanol–water partition coefficient (Wildman–Crippen LogP) is 1.56. The molecule has 5 nitrogen and oxygen atoms in total. The van der Waals surface area contributed by atoms with Crippen molar-refractivity contribution in [1.29, 1.82) is 0 Å². The van der Waals surface area contributed by atoms with E-state index in [2.05, 4.69) is 5.32 Å². The third kappa shape index (κ3) is 2.64. The fraction of sp³-hybridized carbons (Fsp3) is 0.176. The molecule has 0 aromatic heterocycles. The van der Waals surface area contributed by atoms with E-state index in [4.69, 9.17) is 0 Å². The van der Waals surface area contributed by atoms with Crippen molar-refractivity contribution in [3.8, 4) is 0 Å². The molecule has 1 aliphatic heterocycles. The molecule has 0 fully saturated rings. The van der Waals surface area contributed by atoms with Crippen LogP contribution in [0.4, 0.5) is 0 Å². The summed E-state index contributed by atoms with van der Waals surface area (Å²) in [6.07, 6.45) is -0.684. The minimum absolute atomic E-state index is 0.0796. The monoisotopic (exact) mass is 296 g/mol. The van der Waals surface area contributed by atoms with Gasteiger partial charge in [-0.1, -0.05) is 42.5 Å². The van der Waals surface area contributed by atoms with Crippen LogP contribution in [0.1, 0.15) is 32.4 Å². The van der Waals surface area contributed by atoms with Crippen molar-refractivity contribution in [1.82, 2.24) is 10.2 Å². The summed E-state index contributed by atoms with van der Waals surface area (Å²) >= 11 is 0. The van der Waals surface area contributed by atoms with Gasteiger partial charge in [-0.2, -0.15) is 0 Å². The summed E-state index contributed by atoms with van der Waals surface area (Å²) < 4.78 is 0. The zero-order chi connectivity index (χ0) is 15.5. The van der Waals surface area contributed by atoms with Crippen molar-refractivity contribution < 1.29 is 14.7 Å². The van der Waals surface area contributed by atoms with Gasteiger partial charge in [0.1, 0.15) is 0 Å². The number of rotatable bonds is 5. The van der Waals surface area contributed by atoms with E-state index in [9.17, 15) is 14.7 Å². The Morgan fingerprint density at radius 3 is 2.05 bits per heavy atom. The topological polar surface area (TPSA) is 69.6 Å². The summed E-state index contributed by atoms with van der Waals surface area (Å²) in [7, 11) is 0. The van der Waals surface area contributed by atoms with Gasteiger partial charge in [-0.15, -0.1) is 0 Å². The number of imide groups is 1. The number of amides is 2. The van der Waals surface area contributed by atoms with Crippen LogP contribution in [-0.2, 0) is 0 Å². The molecular weight excluding hydrogens is 280 g/mol. The molecular formula is C17H16N2O3. The molecule has 0 aliphatic carbocycles. The predicted molar refractivity (Wildman–Crippen MR) is 81.2 cm³/mol. The Labute approximate surface area is 128 Å². The van der Waals surface area contributed by atoms with Crippen LogP contribution in [0.2, 0.25) is 0 Å². The number of nitrogens with zero attached hydrogens (tertiary/aromatic N) is 1. The SMILES string of the molecule is O=C1c2ccccc2C(=O)N1CNC[C@H](O)c1ccccc1. The molecule has 3 rings (SSSR count). The number of benzene rings is 2. The highest BCUT2D eigenvalue weighted by atomic mass is 16.3. The van der Waals surface area contributed by atoms with E-state index in [1.807, 2.05) is 30.3 Å². The van der Waals surface area contributed by atoms with E-state index in [-0.39, 0.29) is 25.0 Å². The fourth-order valence-corrected chi connectivity index (χ4v) is 2.49. The van der Waals surface area contributed by atoms with E-state index in [1.165, 1.54) is 0 Å². The Bertz CT molecular complexity index is 665. The first-order valence-electron chi connectivity index (χ1n) is 7.07. The van der Waals surface area contributed by atoms with Crippen molar-refractivity contribution in [3.05, 3.63) is 71.3 Å². The molecule has 2 N–H and O–H groups in total. The Hall–Kier alpha value is -2.50. The van der Waals surface area contributed by atoms with Gasteiger partial charge in [0, 0.05) is 6.54 Å². The summed E-state index contributed by atoms with van der Waals surface area (Å²) in [4.78, 5) is 25.5. The average molecular weight is 296 g/mol.